The third-order valence-electron chi connectivity index (χ3n) is 2.60. The van der Waals surface area contributed by atoms with Gasteiger partial charge in [-0.1, -0.05) is 0 Å². The van der Waals surface area contributed by atoms with Crippen molar-refractivity contribution in [1.29, 1.82) is 0 Å². The van der Waals surface area contributed by atoms with Crippen LogP contribution in [0.25, 0.3) is 0 Å². The minimum Gasteiger partial charge on any atom is -0.315 e. The Morgan fingerprint density at radius 3 is 2.60 bits per heavy atom. The monoisotopic (exact) mass is 140 g/mol. The summed E-state index contributed by atoms with van der Waals surface area (Å²) in [4.78, 5) is 0. The minimum atomic E-state index is 0.542. The second-order valence-electron chi connectivity index (χ2n) is 3.59. The van der Waals surface area contributed by atoms with Crippen molar-refractivity contribution >= 4 is 0 Å². The molecule has 2 rings (SSSR count). The maximum Gasteiger partial charge on any atom is 0.0307 e. The van der Waals surface area contributed by atoms with Crippen LogP contribution >= 0.6 is 0 Å². The predicted molar refractivity (Wildman–Crippen MR) is 42.1 cm³/mol. The number of hydrogen-bond donors (Lipinski definition) is 2. The van der Waals surface area contributed by atoms with Crippen LogP contribution in [0.15, 0.2) is 0 Å². The summed E-state index contributed by atoms with van der Waals surface area (Å²) in [6, 6.07) is 0. The molecular formula is C8H16N2. The molecule has 2 fully saturated rings. The molecule has 58 valence electrons. The molecule has 2 heteroatoms. The van der Waals surface area contributed by atoms with Crippen molar-refractivity contribution in [3.05, 3.63) is 0 Å². The number of hydrogen-bond acceptors (Lipinski definition) is 2. The fourth-order valence-electron chi connectivity index (χ4n) is 1.62. The number of nitrogens with one attached hydrogen (secondary N) is 2. The van der Waals surface area contributed by atoms with Gasteiger partial charge in [-0.05, 0) is 38.8 Å². The van der Waals surface area contributed by atoms with Gasteiger partial charge in [0.05, 0.1) is 0 Å². The van der Waals surface area contributed by atoms with Crippen LogP contribution in [0, 0.1) is 0 Å². The van der Waals surface area contributed by atoms with E-state index < -0.39 is 0 Å². The summed E-state index contributed by atoms with van der Waals surface area (Å²) in [5.41, 5.74) is 0.542. The fraction of sp³-hybridized carbons (Fsp3) is 1.00. The van der Waals surface area contributed by atoms with Gasteiger partial charge in [-0.15, -0.1) is 0 Å². The van der Waals surface area contributed by atoms with E-state index in [1.165, 1.54) is 45.3 Å². The second-order valence-corrected chi connectivity index (χ2v) is 3.59. The van der Waals surface area contributed by atoms with Crippen LogP contribution in [-0.4, -0.2) is 25.2 Å². The second kappa shape index (κ2) is 2.51. The Kier molecular flexibility index (Phi) is 1.66. The predicted octanol–water partition coefficient (Wildman–Crippen LogP) is 0.492. The molecule has 1 aliphatic carbocycles. The smallest absolute Gasteiger partial charge is 0.0307 e. The zero-order valence-corrected chi connectivity index (χ0v) is 6.45. The zero-order chi connectivity index (χ0) is 6.86. The Labute approximate surface area is 62.4 Å². The molecule has 0 radical (unpaired) electrons. The summed E-state index contributed by atoms with van der Waals surface area (Å²) in [6.45, 7) is 3.66. The van der Waals surface area contributed by atoms with E-state index in [2.05, 4.69) is 10.6 Å². The molecular weight excluding hydrogens is 124 g/mol. The summed E-state index contributed by atoms with van der Waals surface area (Å²) in [7, 11) is 0. The van der Waals surface area contributed by atoms with E-state index in [1.54, 1.807) is 0 Å². The Bertz CT molecular complexity index is 108. The zero-order valence-electron chi connectivity index (χ0n) is 6.45. The molecule has 0 aromatic carbocycles. The first kappa shape index (κ1) is 6.62. The third-order valence-corrected chi connectivity index (χ3v) is 2.60. The molecule has 0 aromatic rings. The Morgan fingerprint density at radius 2 is 1.80 bits per heavy atom. The molecule has 1 saturated heterocycles. The lowest BCUT2D eigenvalue weighted by molar-refractivity contribution is 0.417. The summed E-state index contributed by atoms with van der Waals surface area (Å²) >= 11 is 0. The largest absolute Gasteiger partial charge is 0.315 e. The molecule has 0 aromatic heterocycles. The standard InChI is InChI=1S/C8H16N2/c1-2-6-10-8(3-4-8)7-9-5-1/h9-10H,1-7H2. The van der Waals surface area contributed by atoms with Crippen molar-refractivity contribution < 1.29 is 0 Å². The molecule has 0 bridgehead atoms. The van der Waals surface area contributed by atoms with Crippen LogP contribution in [-0.2, 0) is 0 Å². The Morgan fingerprint density at radius 1 is 1.00 bits per heavy atom. The lowest BCUT2D eigenvalue weighted by Crippen LogP contribution is -2.43. The third kappa shape index (κ3) is 1.32. The van der Waals surface area contributed by atoms with E-state index in [-0.39, 0.29) is 0 Å². The minimum absolute atomic E-state index is 0.542. The first-order chi connectivity index (χ1) is 4.91. The van der Waals surface area contributed by atoms with Gasteiger partial charge in [0, 0.05) is 12.1 Å². The molecule has 0 amide bonds. The highest BCUT2D eigenvalue weighted by molar-refractivity contribution is 5.03. The van der Waals surface area contributed by atoms with Gasteiger partial charge in [0.1, 0.15) is 0 Å². The van der Waals surface area contributed by atoms with E-state index in [0.717, 1.165) is 0 Å². The van der Waals surface area contributed by atoms with Gasteiger partial charge >= 0.3 is 0 Å². The van der Waals surface area contributed by atoms with Crippen LogP contribution in [0.4, 0.5) is 0 Å². The lowest BCUT2D eigenvalue weighted by Gasteiger charge is -2.20. The van der Waals surface area contributed by atoms with E-state index in [4.69, 9.17) is 0 Å². The van der Waals surface area contributed by atoms with Crippen LogP contribution in [0.1, 0.15) is 25.7 Å². The average molecular weight is 140 g/mol. The molecule has 2 nitrogen and oxygen atoms in total. The average Bonchev–Trinajstić information content (AvgIpc) is 2.61. The normalized spacial score (nSPS) is 31.2. The molecule has 1 heterocycles. The molecule has 1 aliphatic heterocycles. The first-order valence-electron chi connectivity index (χ1n) is 4.37. The van der Waals surface area contributed by atoms with Crippen molar-refractivity contribution in [3.63, 3.8) is 0 Å². The Balaban J connectivity index is 1.84. The van der Waals surface area contributed by atoms with E-state index in [0.29, 0.717) is 5.54 Å². The summed E-state index contributed by atoms with van der Waals surface area (Å²) in [5, 5.41) is 7.09. The topological polar surface area (TPSA) is 24.1 Å². The van der Waals surface area contributed by atoms with E-state index in [9.17, 15) is 0 Å². The van der Waals surface area contributed by atoms with Crippen LogP contribution in [0.3, 0.4) is 0 Å². The van der Waals surface area contributed by atoms with Gasteiger partial charge < -0.3 is 10.6 Å². The maximum atomic E-state index is 3.61. The maximum absolute atomic E-state index is 3.61. The van der Waals surface area contributed by atoms with Gasteiger partial charge in [-0.3, -0.25) is 0 Å². The molecule has 0 unspecified atom stereocenters. The molecule has 10 heavy (non-hydrogen) atoms. The van der Waals surface area contributed by atoms with E-state index >= 15 is 0 Å². The summed E-state index contributed by atoms with van der Waals surface area (Å²) in [5.74, 6) is 0. The SMILES string of the molecule is C1CCNC2(CC2)CNC1. The number of rotatable bonds is 0. The van der Waals surface area contributed by atoms with Crippen molar-refractivity contribution in [2.75, 3.05) is 19.6 Å². The molecule has 1 spiro atoms. The van der Waals surface area contributed by atoms with E-state index in [1.807, 2.05) is 0 Å². The molecule has 0 atom stereocenters. The highest BCUT2D eigenvalue weighted by Gasteiger charge is 2.41. The molecule has 2 aliphatic rings. The molecule has 1 saturated carbocycles. The van der Waals surface area contributed by atoms with Gasteiger partial charge in [0.15, 0.2) is 0 Å². The summed E-state index contributed by atoms with van der Waals surface area (Å²) in [6.07, 6.45) is 5.46. The van der Waals surface area contributed by atoms with Crippen molar-refractivity contribution in [3.8, 4) is 0 Å². The van der Waals surface area contributed by atoms with Crippen molar-refractivity contribution in [1.82, 2.24) is 10.6 Å². The van der Waals surface area contributed by atoms with Gasteiger partial charge in [-0.25, -0.2) is 0 Å². The summed E-state index contributed by atoms with van der Waals surface area (Å²) < 4.78 is 0. The quantitative estimate of drug-likeness (QED) is 0.512. The molecule has 2 N–H and O–H groups in total. The van der Waals surface area contributed by atoms with Gasteiger partial charge in [0.25, 0.3) is 0 Å². The van der Waals surface area contributed by atoms with Crippen LogP contribution < -0.4 is 10.6 Å². The fourth-order valence-corrected chi connectivity index (χ4v) is 1.62. The van der Waals surface area contributed by atoms with Crippen molar-refractivity contribution in [2.45, 2.75) is 31.2 Å². The highest BCUT2D eigenvalue weighted by Crippen LogP contribution is 2.34. The lowest BCUT2D eigenvalue weighted by atomic mass is 10.2. The first-order valence-corrected chi connectivity index (χ1v) is 4.37. The highest BCUT2D eigenvalue weighted by atomic mass is 15.1. The Hall–Kier alpha value is -0.0800. The van der Waals surface area contributed by atoms with Gasteiger partial charge in [-0.2, -0.15) is 0 Å². The van der Waals surface area contributed by atoms with Crippen LogP contribution in [0.5, 0.6) is 0 Å². The van der Waals surface area contributed by atoms with Gasteiger partial charge in [0.2, 0.25) is 0 Å². The van der Waals surface area contributed by atoms with Crippen LogP contribution in [0.2, 0.25) is 0 Å². The van der Waals surface area contributed by atoms with Crippen molar-refractivity contribution in [2.24, 2.45) is 0 Å².